The fourth-order valence-corrected chi connectivity index (χ4v) is 2.36. The monoisotopic (exact) mass is 265 g/mol. The number of hydrogen-bond acceptors (Lipinski definition) is 3. The second-order valence-corrected chi connectivity index (χ2v) is 5.54. The molecular formula is C14H19NO2S. The van der Waals surface area contributed by atoms with Gasteiger partial charge in [0, 0.05) is 17.4 Å². The molecule has 1 aliphatic rings. The summed E-state index contributed by atoms with van der Waals surface area (Å²) in [6.45, 7) is 0.300. The highest BCUT2D eigenvalue weighted by Gasteiger charge is 2.25. The van der Waals surface area contributed by atoms with Crippen LogP contribution in [0.1, 0.15) is 30.9 Å². The molecule has 2 rings (SSSR count). The second-order valence-electron chi connectivity index (χ2n) is 4.66. The highest BCUT2D eigenvalue weighted by Crippen LogP contribution is 2.26. The Balaban J connectivity index is 1.82. The van der Waals surface area contributed by atoms with Crippen molar-refractivity contribution in [3.63, 3.8) is 0 Å². The van der Waals surface area contributed by atoms with E-state index in [0.29, 0.717) is 6.54 Å². The number of aliphatic hydroxyl groups excluding tert-OH is 1. The van der Waals surface area contributed by atoms with Gasteiger partial charge in [0.1, 0.15) is 0 Å². The van der Waals surface area contributed by atoms with Crippen molar-refractivity contribution in [1.29, 1.82) is 0 Å². The number of thioether (sulfide) groups is 1. The lowest BCUT2D eigenvalue weighted by Crippen LogP contribution is -2.36. The second kappa shape index (κ2) is 6.25. The number of amides is 1. The summed E-state index contributed by atoms with van der Waals surface area (Å²) >= 11 is 1.67. The molecule has 1 saturated carbocycles. The topological polar surface area (TPSA) is 49.3 Å². The van der Waals surface area contributed by atoms with Gasteiger partial charge in [-0.1, -0.05) is 18.6 Å². The SMILES string of the molecule is CSc1ccc([C@@H](O)CNC(=O)C2CCC2)cc1. The molecule has 1 aromatic rings. The third-order valence-electron chi connectivity index (χ3n) is 3.45. The predicted octanol–water partition coefficient (Wildman–Crippen LogP) is 2.36. The summed E-state index contributed by atoms with van der Waals surface area (Å²) in [4.78, 5) is 12.8. The molecule has 1 aromatic carbocycles. The summed E-state index contributed by atoms with van der Waals surface area (Å²) in [6.07, 6.45) is 4.53. The van der Waals surface area contributed by atoms with Crippen molar-refractivity contribution < 1.29 is 9.90 Å². The van der Waals surface area contributed by atoms with Gasteiger partial charge in [0.2, 0.25) is 5.91 Å². The van der Waals surface area contributed by atoms with Gasteiger partial charge in [-0.2, -0.15) is 0 Å². The molecular weight excluding hydrogens is 246 g/mol. The molecule has 2 N–H and O–H groups in total. The Kier molecular flexibility index (Phi) is 4.66. The number of carbonyl (C=O) groups is 1. The first kappa shape index (κ1) is 13.4. The van der Waals surface area contributed by atoms with Crippen LogP contribution in [-0.2, 0) is 4.79 Å². The van der Waals surface area contributed by atoms with Crippen molar-refractivity contribution in [3.05, 3.63) is 29.8 Å². The average Bonchev–Trinajstić information content (AvgIpc) is 2.34. The van der Waals surface area contributed by atoms with Crippen LogP contribution in [0.5, 0.6) is 0 Å². The van der Waals surface area contributed by atoms with Crippen LogP contribution in [0, 0.1) is 5.92 Å². The summed E-state index contributed by atoms with van der Waals surface area (Å²) in [5, 5.41) is 12.8. The maximum Gasteiger partial charge on any atom is 0.223 e. The number of benzene rings is 1. The molecule has 0 spiro atoms. The highest BCUT2D eigenvalue weighted by molar-refractivity contribution is 7.98. The van der Waals surface area contributed by atoms with Gasteiger partial charge < -0.3 is 10.4 Å². The maximum absolute atomic E-state index is 11.6. The summed E-state index contributed by atoms with van der Waals surface area (Å²) in [5.41, 5.74) is 0.849. The van der Waals surface area contributed by atoms with E-state index in [0.717, 1.165) is 24.8 Å². The Labute approximate surface area is 112 Å². The fraction of sp³-hybridized carbons (Fsp3) is 0.500. The van der Waals surface area contributed by atoms with Gasteiger partial charge in [0.25, 0.3) is 0 Å². The first-order valence-corrected chi connectivity index (χ1v) is 7.53. The van der Waals surface area contributed by atoms with Crippen molar-refractivity contribution in [1.82, 2.24) is 5.32 Å². The zero-order chi connectivity index (χ0) is 13.0. The van der Waals surface area contributed by atoms with Gasteiger partial charge in [0.15, 0.2) is 0 Å². The molecule has 0 unspecified atom stereocenters. The minimum absolute atomic E-state index is 0.0843. The van der Waals surface area contributed by atoms with Crippen LogP contribution < -0.4 is 5.32 Å². The molecule has 0 heterocycles. The van der Waals surface area contributed by atoms with E-state index in [9.17, 15) is 9.90 Å². The standard InChI is InChI=1S/C14H19NO2S/c1-18-12-7-5-10(6-8-12)13(16)9-15-14(17)11-3-2-4-11/h5-8,11,13,16H,2-4,9H2,1H3,(H,15,17)/t13-/m0/s1. The number of nitrogens with one attached hydrogen (secondary N) is 1. The Bertz CT molecular complexity index is 401. The van der Waals surface area contributed by atoms with Crippen molar-refractivity contribution in [2.45, 2.75) is 30.3 Å². The molecule has 1 amide bonds. The minimum Gasteiger partial charge on any atom is -0.387 e. The molecule has 3 nitrogen and oxygen atoms in total. The van der Waals surface area contributed by atoms with E-state index in [-0.39, 0.29) is 11.8 Å². The van der Waals surface area contributed by atoms with E-state index in [1.807, 2.05) is 30.5 Å². The van der Waals surface area contributed by atoms with Crippen LogP contribution in [0.4, 0.5) is 0 Å². The number of hydrogen-bond donors (Lipinski definition) is 2. The van der Waals surface area contributed by atoms with Gasteiger partial charge in [-0.05, 0) is 36.8 Å². The molecule has 0 bridgehead atoms. The molecule has 0 aliphatic heterocycles. The molecule has 18 heavy (non-hydrogen) atoms. The van der Waals surface area contributed by atoms with Crippen LogP contribution in [0.3, 0.4) is 0 Å². The Hall–Kier alpha value is -1.00. The minimum atomic E-state index is -0.620. The fourth-order valence-electron chi connectivity index (χ4n) is 1.96. The van der Waals surface area contributed by atoms with E-state index in [2.05, 4.69) is 5.32 Å². The highest BCUT2D eigenvalue weighted by atomic mass is 32.2. The van der Waals surface area contributed by atoms with Gasteiger partial charge in [-0.3, -0.25) is 4.79 Å². The number of carbonyl (C=O) groups excluding carboxylic acids is 1. The van der Waals surface area contributed by atoms with E-state index in [1.54, 1.807) is 11.8 Å². The van der Waals surface area contributed by atoms with E-state index < -0.39 is 6.10 Å². The molecule has 4 heteroatoms. The Morgan fingerprint density at radius 1 is 1.44 bits per heavy atom. The average molecular weight is 265 g/mol. The Morgan fingerprint density at radius 3 is 2.61 bits per heavy atom. The largest absolute Gasteiger partial charge is 0.387 e. The summed E-state index contributed by atoms with van der Waals surface area (Å²) in [7, 11) is 0. The Morgan fingerprint density at radius 2 is 2.11 bits per heavy atom. The summed E-state index contributed by atoms with van der Waals surface area (Å²) in [5.74, 6) is 0.261. The third-order valence-corrected chi connectivity index (χ3v) is 4.19. The first-order chi connectivity index (χ1) is 8.70. The lowest BCUT2D eigenvalue weighted by Gasteiger charge is -2.24. The van der Waals surface area contributed by atoms with Gasteiger partial charge in [-0.15, -0.1) is 11.8 Å². The summed E-state index contributed by atoms with van der Waals surface area (Å²) in [6, 6.07) is 7.78. The van der Waals surface area contributed by atoms with E-state index in [1.165, 1.54) is 4.90 Å². The molecule has 1 fully saturated rings. The molecule has 0 radical (unpaired) electrons. The molecule has 1 aliphatic carbocycles. The first-order valence-electron chi connectivity index (χ1n) is 6.30. The van der Waals surface area contributed by atoms with Crippen LogP contribution in [-0.4, -0.2) is 23.8 Å². The molecule has 98 valence electrons. The van der Waals surface area contributed by atoms with E-state index in [4.69, 9.17) is 0 Å². The molecule has 0 saturated heterocycles. The summed E-state index contributed by atoms with van der Waals surface area (Å²) < 4.78 is 0. The predicted molar refractivity (Wildman–Crippen MR) is 73.5 cm³/mol. The zero-order valence-electron chi connectivity index (χ0n) is 10.6. The van der Waals surface area contributed by atoms with Crippen molar-refractivity contribution in [2.75, 3.05) is 12.8 Å². The lowest BCUT2D eigenvalue weighted by atomic mass is 9.85. The number of aliphatic hydroxyl groups is 1. The lowest BCUT2D eigenvalue weighted by molar-refractivity contribution is -0.127. The molecule has 1 atom stereocenters. The maximum atomic E-state index is 11.6. The van der Waals surface area contributed by atoms with Crippen LogP contribution in [0.15, 0.2) is 29.2 Å². The van der Waals surface area contributed by atoms with Crippen molar-refractivity contribution >= 4 is 17.7 Å². The van der Waals surface area contributed by atoms with Crippen molar-refractivity contribution in [3.8, 4) is 0 Å². The van der Waals surface area contributed by atoms with Crippen LogP contribution in [0.2, 0.25) is 0 Å². The molecule has 0 aromatic heterocycles. The van der Waals surface area contributed by atoms with Gasteiger partial charge >= 0.3 is 0 Å². The number of rotatable bonds is 5. The van der Waals surface area contributed by atoms with Gasteiger partial charge in [-0.25, -0.2) is 0 Å². The van der Waals surface area contributed by atoms with Crippen LogP contribution in [0.25, 0.3) is 0 Å². The van der Waals surface area contributed by atoms with Crippen LogP contribution >= 0.6 is 11.8 Å². The van der Waals surface area contributed by atoms with E-state index >= 15 is 0 Å². The third kappa shape index (κ3) is 3.27. The van der Waals surface area contributed by atoms with Crippen molar-refractivity contribution in [2.24, 2.45) is 5.92 Å². The zero-order valence-corrected chi connectivity index (χ0v) is 11.4. The normalized spacial score (nSPS) is 17.0. The quantitative estimate of drug-likeness (QED) is 0.804. The smallest absolute Gasteiger partial charge is 0.223 e. The van der Waals surface area contributed by atoms with Gasteiger partial charge in [0.05, 0.1) is 6.10 Å².